The molecule has 3 N–H and O–H groups in total. The summed E-state index contributed by atoms with van der Waals surface area (Å²) in [5.41, 5.74) is 4.47. The lowest BCUT2D eigenvalue weighted by atomic mass is 9.99. The summed E-state index contributed by atoms with van der Waals surface area (Å²) >= 11 is 0. The average Bonchev–Trinajstić information content (AvgIpc) is 1.83. The predicted molar refractivity (Wildman–Crippen MR) is 43.5 cm³/mol. The van der Waals surface area contributed by atoms with Gasteiger partial charge in [-0.15, -0.1) is 12.4 Å². The van der Waals surface area contributed by atoms with Crippen LogP contribution in [0.2, 0.25) is 0 Å². The van der Waals surface area contributed by atoms with E-state index in [0.717, 1.165) is 0 Å². The van der Waals surface area contributed by atoms with Crippen LogP contribution in [0, 0.1) is 0 Å². The number of carbonyl (C=O) groups is 1. The number of carbonyl (C=O) groups excluding carboxylic acids is 1. The van der Waals surface area contributed by atoms with Crippen molar-refractivity contribution in [2.24, 2.45) is 5.73 Å². The van der Waals surface area contributed by atoms with Crippen LogP contribution < -0.4 is 5.73 Å². The SMILES string of the molecule is COC(=O)C(O)C(C)(C)N.Cl. The molecule has 1 atom stereocenters. The number of rotatable bonds is 2. The van der Waals surface area contributed by atoms with E-state index in [1.807, 2.05) is 0 Å². The maximum Gasteiger partial charge on any atom is 0.336 e. The van der Waals surface area contributed by atoms with Gasteiger partial charge in [-0.1, -0.05) is 0 Å². The normalized spacial score (nSPS) is 13.2. The number of halogens is 1. The quantitative estimate of drug-likeness (QED) is 0.576. The van der Waals surface area contributed by atoms with Crippen molar-refractivity contribution in [1.82, 2.24) is 0 Å². The molecule has 0 saturated heterocycles. The zero-order chi connectivity index (χ0) is 8.36. The molecule has 0 aromatic rings. The van der Waals surface area contributed by atoms with Crippen molar-refractivity contribution in [3.63, 3.8) is 0 Å². The predicted octanol–water partition coefficient (Wildman–Crippen LogP) is -0.321. The third kappa shape index (κ3) is 4.19. The van der Waals surface area contributed by atoms with Crippen LogP contribution >= 0.6 is 12.4 Å². The molecule has 0 aliphatic carbocycles. The van der Waals surface area contributed by atoms with Crippen LogP contribution in [-0.4, -0.2) is 29.8 Å². The summed E-state index contributed by atoms with van der Waals surface area (Å²) in [6.45, 7) is 3.10. The molecule has 4 nitrogen and oxygen atoms in total. The Hall–Kier alpha value is -0.320. The Bertz CT molecular complexity index is 132. The highest BCUT2D eigenvalue weighted by Gasteiger charge is 2.30. The number of methoxy groups -OCH3 is 1. The second-order valence-corrected chi connectivity index (χ2v) is 2.75. The molecular formula is C6H14ClNO3. The fourth-order valence-electron chi connectivity index (χ4n) is 0.415. The van der Waals surface area contributed by atoms with Gasteiger partial charge in [0.2, 0.25) is 0 Å². The molecule has 0 aromatic carbocycles. The van der Waals surface area contributed by atoms with E-state index >= 15 is 0 Å². The third-order valence-corrected chi connectivity index (χ3v) is 1.13. The molecule has 68 valence electrons. The first kappa shape index (κ1) is 13.3. The minimum absolute atomic E-state index is 0. The van der Waals surface area contributed by atoms with Crippen molar-refractivity contribution in [3.05, 3.63) is 0 Å². The molecule has 11 heavy (non-hydrogen) atoms. The van der Waals surface area contributed by atoms with Crippen molar-refractivity contribution in [2.45, 2.75) is 25.5 Å². The Morgan fingerprint density at radius 1 is 1.64 bits per heavy atom. The van der Waals surface area contributed by atoms with Crippen LogP contribution in [0.5, 0.6) is 0 Å². The maximum atomic E-state index is 10.6. The van der Waals surface area contributed by atoms with E-state index < -0.39 is 17.6 Å². The average molecular weight is 184 g/mol. The molecular weight excluding hydrogens is 170 g/mol. The van der Waals surface area contributed by atoms with Crippen LogP contribution in [0.1, 0.15) is 13.8 Å². The molecule has 0 aromatic heterocycles. The zero-order valence-corrected chi connectivity index (χ0v) is 7.64. The standard InChI is InChI=1S/C6H13NO3.ClH/c1-6(2,7)4(8)5(9)10-3;/h4,8H,7H2,1-3H3;1H. The van der Waals surface area contributed by atoms with Crippen molar-refractivity contribution in [2.75, 3.05) is 7.11 Å². The summed E-state index contributed by atoms with van der Waals surface area (Å²) in [7, 11) is 1.21. The van der Waals surface area contributed by atoms with E-state index in [9.17, 15) is 4.79 Å². The fourth-order valence-corrected chi connectivity index (χ4v) is 0.415. The van der Waals surface area contributed by atoms with Gasteiger partial charge >= 0.3 is 5.97 Å². The number of hydrogen-bond acceptors (Lipinski definition) is 4. The van der Waals surface area contributed by atoms with Gasteiger partial charge in [-0.3, -0.25) is 0 Å². The van der Waals surface area contributed by atoms with Gasteiger partial charge in [0.05, 0.1) is 7.11 Å². The molecule has 0 rings (SSSR count). The van der Waals surface area contributed by atoms with E-state index in [1.165, 1.54) is 7.11 Å². The van der Waals surface area contributed by atoms with E-state index in [4.69, 9.17) is 10.8 Å². The zero-order valence-electron chi connectivity index (χ0n) is 6.83. The molecule has 1 unspecified atom stereocenters. The fraction of sp³-hybridized carbons (Fsp3) is 0.833. The first-order chi connectivity index (χ1) is 4.39. The summed E-state index contributed by atoms with van der Waals surface area (Å²) in [6, 6.07) is 0. The number of esters is 1. The van der Waals surface area contributed by atoms with Gasteiger partial charge in [0, 0.05) is 5.54 Å². The van der Waals surface area contributed by atoms with Crippen molar-refractivity contribution < 1.29 is 14.6 Å². The lowest BCUT2D eigenvalue weighted by Gasteiger charge is -2.22. The van der Waals surface area contributed by atoms with E-state index in [0.29, 0.717) is 0 Å². The third-order valence-electron chi connectivity index (χ3n) is 1.13. The summed E-state index contributed by atoms with van der Waals surface area (Å²) in [4.78, 5) is 10.6. The van der Waals surface area contributed by atoms with Crippen molar-refractivity contribution in [1.29, 1.82) is 0 Å². The van der Waals surface area contributed by atoms with Gasteiger partial charge in [-0.2, -0.15) is 0 Å². The molecule has 0 amide bonds. The highest BCUT2D eigenvalue weighted by atomic mass is 35.5. The van der Waals surface area contributed by atoms with Gasteiger partial charge < -0.3 is 15.6 Å². The van der Waals surface area contributed by atoms with E-state index in [-0.39, 0.29) is 12.4 Å². The second-order valence-electron chi connectivity index (χ2n) is 2.75. The molecule has 0 aliphatic rings. The van der Waals surface area contributed by atoms with Crippen LogP contribution in [0.15, 0.2) is 0 Å². The van der Waals surface area contributed by atoms with Crippen LogP contribution in [0.25, 0.3) is 0 Å². The molecule has 0 fully saturated rings. The van der Waals surface area contributed by atoms with Crippen LogP contribution in [0.4, 0.5) is 0 Å². The summed E-state index contributed by atoms with van der Waals surface area (Å²) in [6.07, 6.45) is -1.25. The van der Waals surface area contributed by atoms with Gasteiger partial charge in [-0.25, -0.2) is 4.79 Å². The lowest BCUT2D eigenvalue weighted by molar-refractivity contribution is -0.153. The molecule has 0 saturated carbocycles. The van der Waals surface area contributed by atoms with Gasteiger partial charge in [0.15, 0.2) is 6.10 Å². The highest BCUT2D eigenvalue weighted by molar-refractivity contribution is 5.85. The minimum atomic E-state index is -1.25. The Kier molecular flexibility index (Phi) is 5.48. The van der Waals surface area contributed by atoms with Gasteiger partial charge in [0.1, 0.15) is 0 Å². The minimum Gasteiger partial charge on any atom is -0.467 e. The molecule has 5 heteroatoms. The highest BCUT2D eigenvalue weighted by Crippen LogP contribution is 2.05. The van der Waals surface area contributed by atoms with Gasteiger partial charge in [-0.05, 0) is 13.8 Å². The Balaban J connectivity index is 0. The first-order valence-electron chi connectivity index (χ1n) is 2.94. The Labute approximate surface area is 72.1 Å². The molecule has 0 radical (unpaired) electrons. The topological polar surface area (TPSA) is 72.5 Å². The number of hydrogen-bond donors (Lipinski definition) is 2. The number of nitrogens with two attached hydrogens (primary N) is 1. The molecule has 0 spiro atoms. The van der Waals surface area contributed by atoms with Crippen molar-refractivity contribution in [3.8, 4) is 0 Å². The van der Waals surface area contributed by atoms with E-state index in [2.05, 4.69) is 4.74 Å². The largest absolute Gasteiger partial charge is 0.467 e. The number of ether oxygens (including phenoxy) is 1. The molecule has 0 heterocycles. The van der Waals surface area contributed by atoms with Crippen LogP contribution in [0.3, 0.4) is 0 Å². The van der Waals surface area contributed by atoms with Gasteiger partial charge in [0.25, 0.3) is 0 Å². The maximum absolute atomic E-state index is 10.6. The van der Waals surface area contributed by atoms with Crippen LogP contribution in [-0.2, 0) is 9.53 Å². The lowest BCUT2D eigenvalue weighted by Crippen LogP contribution is -2.49. The Morgan fingerprint density at radius 3 is 2.09 bits per heavy atom. The van der Waals surface area contributed by atoms with Crippen molar-refractivity contribution >= 4 is 18.4 Å². The first-order valence-corrected chi connectivity index (χ1v) is 2.94. The monoisotopic (exact) mass is 183 g/mol. The summed E-state index contributed by atoms with van der Waals surface area (Å²) in [5, 5.41) is 9.05. The smallest absolute Gasteiger partial charge is 0.336 e. The molecule has 0 bridgehead atoms. The molecule has 0 aliphatic heterocycles. The van der Waals surface area contributed by atoms with E-state index in [1.54, 1.807) is 13.8 Å². The Morgan fingerprint density at radius 2 is 2.00 bits per heavy atom. The number of aliphatic hydroxyl groups is 1. The summed E-state index contributed by atoms with van der Waals surface area (Å²) < 4.78 is 4.27. The summed E-state index contributed by atoms with van der Waals surface area (Å²) in [5.74, 6) is -0.701. The second kappa shape index (κ2) is 4.54. The number of aliphatic hydroxyl groups excluding tert-OH is 1.